The Morgan fingerprint density at radius 3 is 2.58 bits per heavy atom. The number of nitrogens with zero attached hydrogens (tertiary/aromatic N) is 1. The van der Waals surface area contributed by atoms with Gasteiger partial charge in [-0.15, -0.1) is 0 Å². The van der Waals surface area contributed by atoms with E-state index in [9.17, 15) is 0 Å². The van der Waals surface area contributed by atoms with Gasteiger partial charge in [0, 0.05) is 25.4 Å². The maximum atomic E-state index is 8.72. The number of rotatable bonds is 10. The molecule has 108 valence electrons. The van der Waals surface area contributed by atoms with E-state index in [-0.39, 0.29) is 0 Å². The standard InChI is InChI=1S/C16H28N2O/c1-3-18(4-2)14-15-9-8-10-16(13-15)17-11-6-5-7-12-19/h8-10,13,17,19H,3-7,11-12,14H2,1-2H3. The lowest BCUT2D eigenvalue weighted by Gasteiger charge is -2.18. The molecule has 0 aliphatic rings. The first-order chi connectivity index (χ1) is 9.30. The van der Waals surface area contributed by atoms with Crippen LogP contribution in [0.2, 0.25) is 0 Å². The van der Waals surface area contributed by atoms with E-state index in [0.29, 0.717) is 6.61 Å². The molecule has 1 aromatic carbocycles. The Labute approximate surface area is 117 Å². The molecule has 0 aromatic heterocycles. The van der Waals surface area contributed by atoms with Crippen LogP contribution in [-0.2, 0) is 6.54 Å². The van der Waals surface area contributed by atoms with E-state index >= 15 is 0 Å². The van der Waals surface area contributed by atoms with Gasteiger partial charge in [-0.2, -0.15) is 0 Å². The summed E-state index contributed by atoms with van der Waals surface area (Å²) in [6.07, 6.45) is 3.10. The van der Waals surface area contributed by atoms with Crippen molar-refractivity contribution in [2.75, 3.05) is 31.6 Å². The van der Waals surface area contributed by atoms with Crippen molar-refractivity contribution in [1.29, 1.82) is 0 Å². The molecule has 0 heterocycles. The zero-order valence-electron chi connectivity index (χ0n) is 12.4. The smallest absolute Gasteiger partial charge is 0.0431 e. The highest BCUT2D eigenvalue weighted by Gasteiger charge is 2.01. The summed E-state index contributed by atoms with van der Waals surface area (Å²) in [4.78, 5) is 2.42. The van der Waals surface area contributed by atoms with Crippen molar-refractivity contribution < 1.29 is 5.11 Å². The van der Waals surface area contributed by atoms with Gasteiger partial charge in [-0.3, -0.25) is 4.90 Å². The largest absolute Gasteiger partial charge is 0.396 e. The van der Waals surface area contributed by atoms with Gasteiger partial charge in [0.25, 0.3) is 0 Å². The van der Waals surface area contributed by atoms with Crippen LogP contribution in [0.4, 0.5) is 5.69 Å². The van der Waals surface area contributed by atoms with Gasteiger partial charge in [0.15, 0.2) is 0 Å². The van der Waals surface area contributed by atoms with E-state index in [1.807, 2.05) is 0 Å². The molecule has 0 aliphatic heterocycles. The summed E-state index contributed by atoms with van der Waals surface area (Å²) in [6.45, 7) is 8.89. The van der Waals surface area contributed by atoms with E-state index in [2.05, 4.69) is 48.3 Å². The van der Waals surface area contributed by atoms with Crippen LogP contribution in [0.25, 0.3) is 0 Å². The average molecular weight is 264 g/mol. The van der Waals surface area contributed by atoms with Gasteiger partial charge in [0.05, 0.1) is 0 Å². The van der Waals surface area contributed by atoms with Gasteiger partial charge >= 0.3 is 0 Å². The average Bonchev–Trinajstić information content (AvgIpc) is 2.45. The van der Waals surface area contributed by atoms with Crippen LogP contribution in [0.3, 0.4) is 0 Å². The molecule has 0 fully saturated rings. The Morgan fingerprint density at radius 2 is 1.89 bits per heavy atom. The minimum Gasteiger partial charge on any atom is -0.396 e. The quantitative estimate of drug-likeness (QED) is 0.637. The molecule has 3 heteroatoms. The summed E-state index contributed by atoms with van der Waals surface area (Å²) in [5.41, 5.74) is 2.57. The van der Waals surface area contributed by atoms with Gasteiger partial charge < -0.3 is 10.4 Å². The zero-order chi connectivity index (χ0) is 13.9. The molecule has 0 amide bonds. The van der Waals surface area contributed by atoms with Crippen molar-refractivity contribution >= 4 is 5.69 Å². The maximum Gasteiger partial charge on any atom is 0.0431 e. The first-order valence-electron chi connectivity index (χ1n) is 7.46. The Morgan fingerprint density at radius 1 is 1.11 bits per heavy atom. The highest BCUT2D eigenvalue weighted by Crippen LogP contribution is 2.13. The molecule has 0 atom stereocenters. The predicted octanol–water partition coefficient (Wildman–Crippen LogP) is 3.10. The molecule has 19 heavy (non-hydrogen) atoms. The van der Waals surface area contributed by atoms with Gasteiger partial charge in [-0.25, -0.2) is 0 Å². The summed E-state index contributed by atoms with van der Waals surface area (Å²) >= 11 is 0. The molecular formula is C16H28N2O. The fourth-order valence-electron chi connectivity index (χ4n) is 2.13. The first-order valence-corrected chi connectivity index (χ1v) is 7.46. The minimum absolute atomic E-state index is 0.305. The third-order valence-electron chi connectivity index (χ3n) is 3.39. The second-order valence-corrected chi connectivity index (χ2v) is 4.87. The Balaban J connectivity index is 2.38. The molecule has 0 saturated carbocycles. The summed E-state index contributed by atoms with van der Waals surface area (Å²) in [5, 5.41) is 12.2. The molecule has 0 saturated heterocycles. The van der Waals surface area contributed by atoms with E-state index < -0.39 is 0 Å². The molecule has 1 rings (SSSR count). The molecule has 0 radical (unpaired) electrons. The normalized spacial score (nSPS) is 10.9. The van der Waals surface area contributed by atoms with Crippen molar-refractivity contribution in [2.45, 2.75) is 39.7 Å². The van der Waals surface area contributed by atoms with Crippen molar-refractivity contribution in [3.8, 4) is 0 Å². The van der Waals surface area contributed by atoms with Gasteiger partial charge in [0.1, 0.15) is 0 Å². The molecule has 3 nitrogen and oxygen atoms in total. The summed E-state index contributed by atoms with van der Waals surface area (Å²) in [5.74, 6) is 0. The van der Waals surface area contributed by atoms with Crippen LogP contribution in [0, 0.1) is 0 Å². The van der Waals surface area contributed by atoms with Crippen molar-refractivity contribution in [1.82, 2.24) is 4.90 Å². The number of hydrogen-bond acceptors (Lipinski definition) is 3. The molecule has 0 bridgehead atoms. The van der Waals surface area contributed by atoms with E-state index in [1.54, 1.807) is 0 Å². The Bertz CT molecular complexity index is 337. The van der Waals surface area contributed by atoms with Gasteiger partial charge in [-0.1, -0.05) is 26.0 Å². The third-order valence-corrected chi connectivity index (χ3v) is 3.39. The van der Waals surface area contributed by atoms with Gasteiger partial charge in [-0.05, 0) is 50.0 Å². The fourth-order valence-corrected chi connectivity index (χ4v) is 2.13. The minimum atomic E-state index is 0.305. The molecule has 0 unspecified atom stereocenters. The number of aliphatic hydroxyl groups is 1. The lowest BCUT2D eigenvalue weighted by atomic mass is 10.1. The van der Waals surface area contributed by atoms with Crippen molar-refractivity contribution in [3.05, 3.63) is 29.8 Å². The van der Waals surface area contributed by atoms with Crippen LogP contribution in [-0.4, -0.2) is 36.2 Å². The second kappa shape index (κ2) is 9.82. The highest BCUT2D eigenvalue weighted by atomic mass is 16.2. The zero-order valence-corrected chi connectivity index (χ0v) is 12.4. The maximum absolute atomic E-state index is 8.72. The second-order valence-electron chi connectivity index (χ2n) is 4.87. The molecule has 0 spiro atoms. The van der Waals surface area contributed by atoms with Crippen LogP contribution >= 0.6 is 0 Å². The summed E-state index contributed by atoms with van der Waals surface area (Å²) in [6, 6.07) is 8.67. The lowest BCUT2D eigenvalue weighted by Crippen LogP contribution is -2.22. The number of unbranched alkanes of at least 4 members (excludes halogenated alkanes) is 2. The number of nitrogens with one attached hydrogen (secondary N) is 1. The summed E-state index contributed by atoms with van der Waals surface area (Å²) in [7, 11) is 0. The number of benzene rings is 1. The van der Waals surface area contributed by atoms with Crippen molar-refractivity contribution in [2.24, 2.45) is 0 Å². The van der Waals surface area contributed by atoms with Crippen LogP contribution in [0.1, 0.15) is 38.7 Å². The highest BCUT2D eigenvalue weighted by molar-refractivity contribution is 5.45. The number of hydrogen-bond donors (Lipinski definition) is 2. The monoisotopic (exact) mass is 264 g/mol. The Hall–Kier alpha value is -1.06. The SMILES string of the molecule is CCN(CC)Cc1cccc(NCCCCCO)c1. The predicted molar refractivity (Wildman–Crippen MR) is 82.5 cm³/mol. The lowest BCUT2D eigenvalue weighted by molar-refractivity contribution is 0.283. The third kappa shape index (κ3) is 6.60. The molecule has 1 aromatic rings. The number of aliphatic hydroxyl groups excluding tert-OH is 1. The van der Waals surface area contributed by atoms with E-state index in [1.165, 1.54) is 11.3 Å². The van der Waals surface area contributed by atoms with Gasteiger partial charge in [0.2, 0.25) is 0 Å². The van der Waals surface area contributed by atoms with E-state index in [4.69, 9.17) is 5.11 Å². The van der Waals surface area contributed by atoms with Crippen LogP contribution < -0.4 is 5.32 Å². The van der Waals surface area contributed by atoms with Crippen LogP contribution in [0.5, 0.6) is 0 Å². The number of anilines is 1. The topological polar surface area (TPSA) is 35.5 Å². The summed E-state index contributed by atoms with van der Waals surface area (Å²) < 4.78 is 0. The van der Waals surface area contributed by atoms with Crippen LogP contribution in [0.15, 0.2) is 24.3 Å². The fraction of sp³-hybridized carbons (Fsp3) is 0.625. The molecule has 0 aliphatic carbocycles. The van der Waals surface area contributed by atoms with E-state index in [0.717, 1.165) is 45.4 Å². The molecular weight excluding hydrogens is 236 g/mol. The van der Waals surface area contributed by atoms with Crippen molar-refractivity contribution in [3.63, 3.8) is 0 Å². The first kappa shape index (κ1) is 16.0. The molecule has 2 N–H and O–H groups in total. The Kier molecular flexibility index (Phi) is 8.26.